The monoisotopic (exact) mass is 266 g/mol. The molecular formula is C10H11NaO7. The van der Waals surface area contributed by atoms with E-state index >= 15 is 0 Å². The number of hydrogen-bond acceptors (Lipinski definition) is 4. The largest absolute Gasteiger partial charge is 1.00 e. The Bertz CT molecular complexity index is 432. The number of esters is 1. The van der Waals surface area contributed by atoms with Crippen molar-refractivity contribution in [3.05, 3.63) is 29.8 Å². The molecule has 0 amide bonds. The Balaban J connectivity index is -0.000000379. The van der Waals surface area contributed by atoms with Crippen LogP contribution in [0.4, 0.5) is 4.79 Å². The Morgan fingerprint density at radius 3 is 1.94 bits per heavy atom. The van der Waals surface area contributed by atoms with Crippen LogP contribution in [0, 0.1) is 0 Å². The minimum absolute atomic E-state index is 0. The van der Waals surface area contributed by atoms with Gasteiger partial charge in [-0.25, -0.2) is 9.59 Å². The van der Waals surface area contributed by atoms with Gasteiger partial charge in [-0.2, -0.15) is 0 Å². The van der Waals surface area contributed by atoms with Crippen molar-refractivity contribution in [2.24, 2.45) is 0 Å². The Hall–Kier alpha value is -1.57. The van der Waals surface area contributed by atoms with Crippen molar-refractivity contribution >= 4 is 18.1 Å². The fourth-order valence-electron chi connectivity index (χ4n) is 0.887. The number of aromatic carboxylic acids is 1. The van der Waals surface area contributed by atoms with Crippen LogP contribution in [0.2, 0.25) is 0 Å². The van der Waals surface area contributed by atoms with E-state index in [1.165, 1.54) is 19.1 Å². The zero-order valence-corrected chi connectivity index (χ0v) is 11.8. The quantitative estimate of drug-likeness (QED) is 0.343. The van der Waals surface area contributed by atoms with Gasteiger partial charge in [0, 0.05) is 6.92 Å². The van der Waals surface area contributed by atoms with Gasteiger partial charge in [-0.3, -0.25) is 4.79 Å². The second kappa shape index (κ2) is 9.46. The summed E-state index contributed by atoms with van der Waals surface area (Å²) in [6.07, 6.45) is -1.83. The van der Waals surface area contributed by atoms with Crippen molar-refractivity contribution in [2.75, 3.05) is 0 Å². The first-order chi connectivity index (χ1) is 7.84. The average Bonchev–Trinajstić information content (AvgIpc) is 2.16. The molecule has 3 N–H and O–H groups in total. The summed E-state index contributed by atoms with van der Waals surface area (Å²) in [4.78, 5) is 29.7. The maximum Gasteiger partial charge on any atom is 1.00 e. The number of carboxylic acid groups (broad SMARTS) is 3. The van der Waals surface area contributed by atoms with Crippen LogP contribution < -0.4 is 34.3 Å². The topological polar surface area (TPSA) is 121 Å². The van der Waals surface area contributed by atoms with Crippen LogP contribution in [-0.2, 0) is 4.79 Å². The molecule has 8 heteroatoms. The summed E-state index contributed by atoms with van der Waals surface area (Å²) in [6.45, 7) is 1.22. The summed E-state index contributed by atoms with van der Waals surface area (Å²) in [6, 6.07) is 5.98. The maximum atomic E-state index is 10.6. The van der Waals surface area contributed by atoms with E-state index in [-0.39, 0.29) is 42.3 Å². The summed E-state index contributed by atoms with van der Waals surface area (Å²) in [5, 5.41) is 22.6. The molecule has 0 aliphatic heterocycles. The van der Waals surface area contributed by atoms with Gasteiger partial charge in [0.05, 0.1) is 0 Å². The first kappa shape index (κ1) is 18.8. The molecule has 1 aromatic rings. The number of ether oxygens (including phenoxy) is 1. The summed E-state index contributed by atoms with van der Waals surface area (Å²) >= 11 is 0. The summed E-state index contributed by atoms with van der Waals surface area (Å²) < 4.78 is 4.69. The number of para-hydroxylation sites is 1. The molecule has 0 bridgehead atoms. The first-order valence-electron chi connectivity index (χ1n) is 4.27. The Morgan fingerprint density at radius 1 is 1.11 bits per heavy atom. The molecule has 0 saturated carbocycles. The number of carbonyl (C=O) groups excluding carboxylic acids is 1. The van der Waals surface area contributed by atoms with Crippen molar-refractivity contribution in [2.45, 2.75) is 6.92 Å². The van der Waals surface area contributed by atoms with E-state index in [1.54, 1.807) is 12.1 Å². The van der Waals surface area contributed by atoms with E-state index in [4.69, 9.17) is 20.1 Å². The van der Waals surface area contributed by atoms with Crippen LogP contribution >= 0.6 is 0 Å². The molecule has 0 radical (unpaired) electrons. The van der Waals surface area contributed by atoms with Gasteiger partial charge in [0.25, 0.3) is 0 Å². The van der Waals surface area contributed by atoms with Crippen molar-refractivity contribution in [1.29, 1.82) is 0 Å². The van der Waals surface area contributed by atoms with Gasteiger partial charge in [-0.05, 0) is 12.1 Å². The minimum atomic E-state index is -1.83. The van der Waals surface area contributed by atoms with Crippen LogP contribution in [0.5, 0.6) is 5.75 Å². The van der Waals surface area contributed by atoms with Crippen molar-refractivity contribution in [3.63, 3.8) is 0 Å². The predicted molar refractivity (Wildman–Crippen MR) is 56.5 cm³/mol. The van der Waals surface area contributed by atoms with E-state index in [9.17, 15) is 9.59 Å². The molecule has 7 nitrogen and oxygen atoms in total. The summed E-state index contributed by atoms with van der Waals surface area (Å²) in [5.74, 6) is -1.58. The first-order valence-corrected chi connectivity index (χ1v) is 4.27. The molecule has 0 unspecified atom stereocenters. The molecule has 1 aromatic carbocycles. The van der Waals surface area contributed by atoms with Crippen LogP contribution in [0.15, 0.2) is 24.3 Å². The Morgan fingerprint density at radius 2 is 1.56 bits per heavy atom. The number of carbonyl (C=O) groups is 3. The standard InChI is InChI=1S/C9H8O4.CH2O3.Na.H/c1-6(10)13-8-5-3-2-4-7(8)9(11)12;2-1(3)4;;/h2-5H,1H3,(H,11,12);(H2,2,3,4);;/q;;+1;-1. The molecule has 0 aromatic heterocycles. The Labute approximate surface area is 126 Å². The van der Waals surface area contributed by atoms with Crippen molar-refractivity contribution < 1.29 is 65.4 Å². The zero-order valence-electron chi connectivity index (χ0n) is 10.8. The molecule has 0 heterocycles. The van der Waals surface area contributed by atoms with Crippen molar-refractivity contribution in [1.82, 2.24) is 0 Å². The molecule has 18 heavy (non-hydrogen) atoms. The Kier molecular flexibility index (Phi) is 9.87. The average molecular weight is 266 g/mol. The van der Waals surface area contributed by atoms with Crippen LogP contribution in [0.25, 0.3) is 0 Å². The smallest absolute Gasteiger partial charge is 1.00 e. The SMILES string of the molecule is CC(=O)Oc1ccccc1C(=O)O.O=C(O)O.[H-].[Na+]. The van der Waals surface area contributed by atoms with Crippen LogP contribution in [0.1, 0.15) is 18.7 Å². The van der Waals surface area contributed by atoms with Crippen molar-refractivity contribution in [3.8, 4) is 5.75 Å². The third kappa shape index (κ3) is 8.57. The fourth-order valence-corrected chi connectivity index (χ4v) is 0.887. The summed E-state index contributed by atoms with van der Waals surface area (Å²) in [5.41, 5.74) is -0.0160. The molecule has 1 rings (SSSR count). The zero-order chi connectivity index (χ0) is 13.4. The normalized spacial score (nSPS) is 8.06. The molecule has 94 valence electrons. The van der Waals surface area contributed by atoms with E-state index in [0.29, 0.717) is 0 Å². The predicted octanol–water partition coefficient (Wildman–Crippen LogP) is -1.35. The molecule has 0 atom stereocenters. The third-order valence-electron chi connectivity index (χ3n) is 1.37. The van der Waals surface area contributed by atoms with E-state index in [1.807, 2.05) is 0 Å². The van der Waals surface area contributed by atoms with Gasteiger partial charge < -0.3 is 21.5 Å². The fraction of sp³-hybridized carbons (Fsp3) is 0.100. The molecule has 0 fully saturated rings. The molecule has 0 spiro atoms. The second-order valence-corrected chi connectivity index (χ2v) is 2.68. The number of benzene rings is 1. The van der Waals surface area contributed by atoms with E-state index < -0.39 is 18.1 Å². The molecular weight excluding hydrogens is 255 g/mol. The van der Waals surface area contributed by atoms with Crippen LogP contribution in [0.3, 0.4) is 0 Å². The van der Waals surface area contributed by atoms with E-state index in [0.717, 1.165) is 0 Å². The van der Waals surface area contributed by atoms with Gasteiger partial charge in [-0.15, -0.1) is 0 Å². The number of carboxylic acids is 1. The van der Waals surface area contributed by atoms with Gasteiger partial charge in [-0.1, -0.05) is 12.1 Å². The van der Waals surface area contributed by atoms with Gasteiger partial charge >= 0.3 is 47.7 Å². The third-order valence-corrected chi connectivity index (χ3v) is 1.37. The number of rotatable bonds is 2. The van der Waals surface area contributed by atoms with Crippen LogP contribution in [-0.4, -0.2) is 33.4 Å². The van der Waals surface area contributed by atoms with Gasteiger partial charge in [0.1, 0.15) is 11.3 Å². The van der Waals surface area contributed by atoms with E-state index in [2.05, 4.69) is 4.74 Å². The molecule has 0 aliphatic carbocycles. The minimum Gasteiger partial charge on any atom is -1.00 e. The summed E-state index contributed by atoms with van der Waals surface area (Å²) in [7, 11) is 0. The van der Waals surface area contributed by atoms with Gasteiger partial charge in [0.2, 0.25) is 0 Å². The number of hydrogen-bond donors (Lipinski definition) is 3. The molecule has 0 saturated heterocycles. The molecule has 0 aliphatic rings. The maximum absolute atomic E-state index is 10.6. The second-order valence-electron chi connectivity index (χ2n) is 2.68. The van der Waals surface area contributed by atoms with Gasteiger partial charge in [0.15, 0.2) is 0 Å².